The minimum Gasteiger partial charge on any atom is -0.368 e. The summed E-state index contributed by atoms with van der Waals surface area (Å²) in [5.74, 6) is 0. The Hall–Kier alpha value is -2.91. The molecule has 2 amide bonds. The fraction of sp³-hybridized carbons (Fsp3) is 0.381. The average molecular weight is 445 g/mol. The van der Waals surface area contributed by atoms with Gasteiger partial charge < -0.3 is 15.1 Å². The molecule has 0 aliphatic carbocycles. The summed E-state index contributed by atoms with van der Waals surface area (Å²) in [6.07, 6.45) is -8.93. The minimum absolute atomic E-state index is 0.108. The number of urea groups is 1. The van der Waals surface area contributed by atoms with Crippen LogP contribution in [0.3, 0.4) is 0 Å². The number of benzene rings is 2. The van der Waals surface area contributed by atoms with Gasteiger partial charge in [0, 0.05) is 37.6 Å². The topological polar surface area (TPSA) is 35.6 Å². The predicted octanol–water partition coefficient (Wildman–Crippen LogP) is 5.64. The molecular formula is C21H21F6N3O. The zero-order valence-electron chi connectivity index (χ0n) is 16.6. The van der Waals surface area contributed by atoms with Crippen LogP contribution >= 0.6 is 0 Å². The summed E-state index contributed by atoms with van der Waals surface area (Å²) < 4.78 is 78.5. The lowest BCUT2D eigenvalue weighted by Crippen LogP contribution is -2.50. The maximum absolute atomic E-state index is 13.1. The van der Waals surface area contributed by atoms with Gasteiger partial charge in [0.1, 0.15) is 0 Å². The molecule has 0 radical (unpaired) electrons. The van der Waals surface area contributed by atoms with Gasteiger partial charge in [0.25, 0.3) is 0 Å². The second kappa shape index (κ2) is 8.68. The third kappa shape index (κ3) is 5.62. The normalized spacial score (nSPS) is 15.2. The molecular weight excluding hydrogens is 424 g/mol. The smallest absolute Gasteiger partial charge is 0.368 e. The van der Waals surface area contributed by atoms with Gasteiger partial charge in [-0.25, -0.2) is 4.79 Å². The Bertz CT molecular complexity index is 884. The third-order valence-corrected chi connectivity index (χ3v) is 5.12. The third-order valence-electron chi connectivity index (χ3n) is 5.12. The van der Waals surface area contributed by atoms with Crippen LogP contribution < -0.4 is 10.2 Å². The standard InChI is InChI=1S/C21H21F6N3O/c1-2-14-3-5-17(6-4-14)28-19(31)30-9-7-29(8-10-30)18-12-15(20(22,23)24)11-16(13-18)21(25,26)27/h3-6,11-13H,2,7-10H2,1H3,(H,28,31). The number of piperazine rings is 1. The molecule has 31 heavy (non-hydrogen) atoms. The first-order valence-corrected chi connectivity index (χ1v) is 9.66. The number of anilines is 2. The van der Waals surface area contributed by atoms with Crippen LogP contribution in [0, 0.1) is 0 Å². The van der Waals surface area contributed by atoms with Crippen molar-refractivity contribution in [1.29, 1.82) is 0 Å². The van der Waals surface area contributed by atoms with Gasteiger partial charge in [0.15, 0.2) is 0 Å². The lowest BCUT2D eigenvalue weighted by atomic mass is 10.1. The van der Waals surface area contributed by atoms with Crippen LogP contribution in [-0.2, 0) is 18.8 Å². The van der Waals surface area contributed by atoms with E-state index in [2.05, 4.69) is 5.32 Å². The van der Waals surface area contributed by atoms with Crippen molar-refractivity contribution in [2.75, 3.05) is 36.4 Å². The van der Waals surface area contributed by atoms with Gasteiger partial charge in [0.2, 0.25) is 0 Å². The van der Waals surface area contributed by atoms with Crippen molar-refractivity contribution in [3.8, 4) is 0 Å². The molecule has 1 saturated heterocycles. The highest BCUT2D eigenvalue weighted by molar-refractivity contribution is 5.89. The van der Waals surface area contributed by atoms with Crippen molar-refractivity contribution < 1.29 is 31.1 Å². The molecule has 0 atom stereocenters. The molecule has 2 aromatic rings. The van der Waals surface area contributed by atoms with E-state index in [1.54, 1.807) is 12.1 Å². The van der Waals surface area contributed by atoms with Gasteiger partial charge in [-0.1, -0.05) is 19.1 Å². The number of amides is 2. The van der Waals surface area contributed by atoms with E-state index in [0.717, 1.165) is 12.0 Å². The molecule has 1 fully saturated rings. The van der Waals surface area contributed by atoms with Crippen molar-refractivity contribution in [3.05, 3.63) is 59.2 Å². The van der Waals surface area contributed by atoms with Crippen LogP contribution in [0.1, 0.15) is 23.6 Å². The number of aryl methyl sites for hydroxylation is 1. The number of hydrogen-bond donors (Lipinski definition) is 1. The van der Waals surface area contributed by atoms with Crippen LogP contribution in [0.2, 0.25) is 0 Å². The van der Waals surface area contributed by atoms with E-state index in [9.17, 15) is 31.1 Å². The molecule has 0 bridgehead atoms. The maximum Gasteiger partial charge on any atom is 0.416 e. The highest BCUT2D eigenvalue weighted by Crippen LogP contribution is 2.38. The van der Waals surface area contributed by atoms with E-state index >= 15 is 0 Å². The number of hydrogen-bond acceptors (Lipinski definition) is 2. The van der Waals surface area contributed by atoms with Crippen LogP contribution in [0.25, 0.3) is 0 Å². The number of carbonyl (C=O) groups excluding carboxylic acids is 1. The molecule has 0 saturated carbocycles. The summed E-state index contributed by atoms with van der Waals surface area (Å²) in [7, 11) is 0. The van der Waals surface area contributed by atoms with Gasteiger partial charge >= 0.3 is 18.4 Å². The number of nitrogens with one attached hydrogen (secondary N) is 1. The van der Waals surface area contributed by atoms with E-state index in [0.29, 0.717) is 17.8 Å². The average Bonchev–Trinajstić information content (AvgIpc) is 2.73. The molecule has 0 spiro atoms. The quantitative estimate of drug-likeness (QED) is 0.621. The lowest BCUT2D eigenvalue weighted by Gasteiger charge is -2.36. The number of nitrogens with zero attached hydrogens (tertiary/aromatic N) is 2. The molecule has 0 aromatic heterocycles. The molecule has 168 valence electrons. The van der Waals surface area contributed by atoms with Gasteiger partial charge in [0.05, 0.1) is 11.1 Å². The summed E-state index contributed by atoms with van der Waals surface area (Å²) >= 11 is 0. The van der Waals surface area contributed by atoms with Crippen molar-refractivity contribution in [2.24, 2.45) is 0 Å². The zero-order chi connectivity index (χ0) is 22.8. The lowest BCUT2D eigenvalue weighted by molar-refractivity contribution is -0.143. The van der Waals surface area contributed by atoms with Crippen LogP contribution in [-0.4, -0.2) is 37.1 Å². The summed E-state index contributed by atoms with van der Waals surface area (Å²) in [5.41, 5.74) is -1.15. The first-order chi connectivity index (χ1) is 14.5. The molecule has 4 nitrogen and oxygen atoms in total. The summed E-state index contributed by atoms with van der Waals surface area (Å²) in [6.45, 7) is 2.56. The van der Waals surface area contributed by atoms with E-state index in [4.69, 9.17) is 0 Å². The zero-order valence-corrected chi connectivity index (χ0v) is 16.6. The Morgan fingerprint density at radius 2 is 1.39 bits per heavy atom. The molecule has 10 heteroatoms. The summed E-state index contributed by atoms with van der Waals surface area (Å²) in [6, 6.07) is 8.47. The Morgan fingerprint density at radius 1 is 0.871 bits per heavy atom. The number of rotatable bonds is 3. The monoisotopic (exact) mass is 445 g/mol. The van der Waals surface area contributed by atoms with Crippen LogP contribution in [0.15, 0.2) is 42.5 Å². The molecule has 1 N–H and O–H groups in total. The van der Waals surface area contributed by atoms with Gasteiger partial charge in [-0.2, -0.15) is 26.3 Å². The Kier molecular flexibility index (Phi) is 6.38. The van der Waals surface area contributed by atoms with E-state index in [1.165, 1.54) is 9.80 Å². The maximum atomic E-state index is 13.1. The summed E-state index contributed by atoms with van der Waals surface area (Å²) in [4.78, 5) is 15.3. The van der Waals surface area contributed by atoms with E-state index in [1.807, 2.05) is 19.1 Å². The molecule has 1 heterocycles. The SMILES string of the molecule is CCc1ccc(NC(=O)N2CCN(c3cc(C(F)(F)F)cc(C(F)(F)F)c3)CC2)cc1. The first kappa shape index (κ1) is 22.8. The van der Waals surface area contributed by atoms with Crippen molar-refractivity contribution >= 4 is 17.4 Å². The number of carbonyl (C=O) groups is 1. The van der Waals surface area contributed by atoms with Crippen LogP contribution in [0.4, 0.5) is 42.5 Å². The molecule has 2 aromatic carbocycles. The highest BCUT2D eigenvalue weighted by atomic mass is 19.4. The van der Waals surface area contributed by atoms with Gasteiger partial charge in [-0.15, -0.1) is 0 Å². The molecule has 3 rings (SSSR count). The van der Waals surface area contributed by atoms with Crippen molar-refractivity contribution in [1.82, 2.24) is 4.90 Å². The summed E-state index contributed by atoms with van der Waals surface area (Å²) in [5, 5.41) is 2.75. The predicted molar refractivity (Wildman–Crippen MR) is 105 cm³/mol. The van der Waals surface area contributed by atoms with Crippen LogP contribution in [0.5, 0.6) is 0 Å². The first-order valence-electron chi connectivity index (χ1n) is 9.66. The largest absolute Gasteiger partial charge is 0.416 e. The van der Waals surface area contributed by atoms with Gasteiger partial charge in [-0.3, -0.25) is 0 Å². The Balaban J connectivity index is 1.69. The molecule has 0 unspecified atom stereocenters. The number of alkyl halides is 6. The van der Waals surface area contributed by atoms with E-state index < -0.39 is 23.5 Å². The fourth-order valence-electron chi connectivity index (χ4n) is 3.32. The minimum atomic E-state index is -4.90. The fourth-order valence-corrected chi connectivity index (χ4v) is 3.32. The molecule has 1 aliphatic heterocycles. The number of halogens is 6. The second-order valence-corrected chi connectivity index (χ2v) is 7.22. The Morgan fingerprint density at radius 3 is 1.84 bits per heavy atom. The van der Waals surface area contributed by atoms with Crippen molar-refractivity contribution in [3.63, 3.8) is 0 Å². The highest BCUT2D eigenvalue weighted by Gasteiger charge is 2.37. The van der Waals surface area contributed by atoms with Crippen molar-refractivity contribution in [2.45, 2.75) is 25.7 Å². The van der Waals surface area contributed by atoms with E-state index in [-0.39, 0.29) is 44.0 Å². The molecule has 1 aliphatic rings. The second-order valence-electron chi connectivity index (χ2n) is 7.22. The Labute approximate surface area is 175 Å². The van der Waals surface area contributed by atoms with Gasteiger partial charge in [-0.05, 0) is 42.3 Å².